The number of aromatic nitrogens is 4. The van der Waals surface area contributed by atoms with Crippen molar-refractivity contribution in [2.45, 2.75) is 48.1 Å². The highest BCUT2D eigenvalue weighted by Gasteiger charge is 2.76. The summed E-state index contributed by atoms with van der Waals surface area (Å²) in [5.74, 6) is 0. The highest BCUT2D eigenvalue weighted by molar-refractivity contribution is 5.17. The maximum Gasteiger partial charge on any atom is 0.330 e. The second-order valence-corrected chi connectivity index (χ2v) is 7.90. The van der Waals surface area contributed by atoms with E-state index in [4.69, 9.17) is 9.47 Å². The zero-order chi connectivity index (χ0) is 25.0. The summed E-state index contributed by atoms with van der Waals surface area (Å²) in [5.41, 5.74) is -9.97. The van der Waals surface area contributed by atoms with Crippen molar-refractivity contribution in [2.24, 2.45) is 0 Å². The van der Waals surface area contributed by atoms with Gasteiger partial charge in [0.15, 0.2) is 0 Å². The summed E-state index contributed by atoms with van der Waals surface area (Å²) < 4.78 is 12.5. The zero-order valence-electron chi connectivity index (χ0n) is 17.2. The van der Waals surface area contributed by atoms with Crippen LogP contribution < -0.4 is 22.5 Å². The maximum absolute atomic E-state index is 12.9. The Kier molecular flexibility index (Phi) is 5.95. The Morgan fingerprint density at radius 2 is 1.09 bits per heavy atom. The lowest BCUT2D eigenvalue weighted by Crippen LogP contribution is -2.71. The summed E-state index contributed by atoms with van der Waals surface area (Å²) in [6.07, 6.45) is -10.0. The van der Waals surface area contributed by atoms with Crippen molar-refractivity contribution in [3.8, 4) is 0 Å². The lowest BCUT2D eigenvalue weighted by atomic mass is 9.85. The molecule has 4 heterocycles. The molecule has 0 saturated carbocycles. The van der Waals surface area contributed by atoms with Gasteiger partial charge in [-0.3, -0.25) is 28.7 Å². The highest BCUT2D eigenvalue weighted by atomic mass is 16.6. The molecule has 16 heteroatoms. The van der Waals surface area contributed by atoms with Crippen LogP contribution in [0.1, 0.15) is 0 Å². The van der Waals surface area contributed by atoms with Crippen molar-refractivity contribution in [2.75, 3.05) is 13.2 Å². The average Bonchev–Trinajstić information content (AvgIpc) is 3.20. The van der Waals surface area contributed by atoms with Crippen molar-refractivity contribution in [1.82, 2.24) is 19.1 Å². The quantitative estimate of drug-likeness (QED) is 0.196. The van der Waals surface area contributed by atoms with Crippen molar-refractivity contribution >= 4 is 0 Å². The summed E-state index contributed by atoms with van der Waals surface area (Å²) in [5, 5.41) is 63.0. The molecule has 186 valence electrons. The SMILES string of the molecule is O=c1ccn([C@]2([C@@]3(n4ccc(=O)[nH]c4=O)O[C@H](CO)[C@@H](O)[C@H]3O)O[C@H](CO)[C@@H](O)[C@H]2O)c(=O)[nH]1. The number of nitrogens with one attached hydrogen (secondary N) is 2. The van der Waals surface area contributed by atoms with Gasteiger partial charge in [-0.25, -0.2) is 9.59 Å². The first-order valence-corrected chi connectivity index (χ1v) is 9.99. The van der Waals surface area contributed by atoms with Gasteiger partial charge in [0, 0.05) is 24.5 Å². The molecule has 4 rings (SSSR count). The molecule has 0 amide bonds. The molecule has 0 spiro atoms. The molecule has 2 aliphatic rings. The third-order valence-electron chi connectivity index (χ3n) is 6.11. The largest absolute Gasteiger partial charge is 0.394 e. The van der Waals surface area contributed by atoms with Crippen LogP contribution >= 0.6 is 0 Å². The minimum atomic E-state index is -2.85. The summed E-state index contributed by atoms with van der Waals surface area (Å²) >= 11 is 0. The second kappa shape index (κ2) is 8.36. The fourth-order valence-corrected chi connectivity index (χ4v) is 4.59. The van der Waals surface area contributed by atoms with Gasteiger partial charge in [-0.05, 0) is 0 Å². The van der Waals surface area contributed by atoms with Gasteiger partial charge >= 0.3 is 11.4 Å². The van der Waals surface area contributed by atoms with E-state index < -0.39 is 83.8 Å². The molecular formula is C18H22N4O12. The van der Waals surface area contributed by atoms with E-state index in [2.05, 4.69) is 0 Å². The van der Waals surface area contributed by atoms with Crippen LogP contribution in [0.15, 0.2) is 43.7 Å². The van der Waals surface area contributed by atoms with E-state index in [1.54, 1.807) is 0 Å². The number of rotatable bonds is 5. The molecule has 0 bridgehead atoms. The van der Waals surface area contributed by atoms with Gasteiger partial charge in [0.05, 0.1) is 13.2 Å². The first kappa shape index (κ1) is 24.2. The number of nitrogens with zero attached hydrogens (tertiary/aromatic N) is 2. The fourth-order valence-electron chi connectivity index (χ4n) is 4.59. The predicted molar refractivity (Wildman–Crippen MR) is 107 cm³/mol. The van der Waals surface area contributed by atoms with Crippen molar-refractivity contribution < 1.29 is 40.1 Å². The first-order valence-electron chi connectivity index (χ1n) is 9.99. The van der Waals surface area contributed by atoms with Gasteiger partial charge in [0.1, 0.15) is 36.6 Å². The maximum atomic E-state index is 12.9. The Hall–Kier alpha value is -2.96. The second-order valence-electron chi connectivity index (χ2n) is 7.90. The predicted octanol–water partition coefficient (Wildman–Crippen LogP) is -6.38. The average molecular weight is 486 g/mol. The van der Waals surface area contributed by atoms with E-state index >= 15 is 0 Å². The van der Waals surface area contributed by atoms with Gasteiger partial charge in [-0.15, -0.1) is 0 Å². The van der Waals surface area contributed by atoms with Gasteiger partial charge in [0.25, 0.3) is 11.1 Å². The standard InChI is InChI=1S/C18H22N4O12/c23-5-7-11(27)13(29)17(33-7,21-3-1-9(25)19-15(21)31)18(14(30)12(28)8(6-24)34-18)22-4-2-10(26)20-16(22)32/h1-4,7-8,11-14,23-24,27-30H,5-6H2,(H,19,25,31)(H,20,26,32)/t7-,8-,11-,12-,13-,14-,17+,18+/m1/s1. The Morgan fingerprint density at radius 3 is 1.35 bits per heavy atom. The molecular weight excluding hydrogens is 464 g/mol. The first-order chi connectivity index (χ1) is 16.0. The number of aliphatic hydroxyl groups is 6. The van der Waals surface area contributed by atoms with E-state index in [-0.39, 0.29) is 0 Å². The number of aliphatic hydroxyl groups excluding tert-OH is 6. The number of hydrogen-bond donors (Lipinski definition) is 8. The summed E-state index contributed by atoms with van der Waals surface area (Å²) in [6, 6.07) is 1.64. The molecule has 2 aliphatic heterocycles. The lowest BCUT2D eigenvalue weighted by molar-refractivity contribution is -0.327. The normalized spacial score (nSPS) is 37.8. The molecule has 0 unspecified atom stereocenters. The molecule has 16 nitrogen and oxygen atoms in total. The molecule has 2 aromatic rings. The topological polar surface area (TPSA) is 250 Å². The molecule has 0 aliphatic carbocycles. The third-order valence-corrected chi connectivity index (χ3v) is 6.11. The minimum Gasteiger partial charge on any atom is -0.394 e. The number of ether oxygens (including phenoxy) is 2. The molecule has 8 atom stereocenters. The Balaban J connectivity index is 2.17. The van der Waals surface area contributed by atoms with Crippen molar-refractivity contribution in [3.63, 3.8) is 0 Å². The van der Waals surface area contributed by atoms with Crippen molar-refractivity contribution in [1.29, 1.82) is 0 Å². The van der Waals surface area contributed by atoms with Crippen LogP contribution in [0.5, 0.6) is 0 Å². The van der Waals surface area contributed by atoms with E-state index in [0.29, 0.717) is 9.13 Å². The summed E-state index contributed by atoms with van der Waals surface area (Å²) in [7, 11) is 0. The lowest BCUT2D eigenvalue weighted by Gasteiger charge is -2.48. The minimum absolute atomic E-state index is 0.505. The molecule has 8 N–H and O–H groups in total. The third kappa shape index (κ3) is 3.08. The number of aromatic amines is 2. The Morgan fingerprint density at radius 1 is 0.735 bits per heavy atom. The monoisotopic (exact) mass is 486 g/mol. The highest BCUT2D eigenvalue weighted by Crippen LogP contribution is 2.53. The van der Waals surface area contributed by atoms with Gasteiger partial charge in [-0.2, -0.15) is 0 Å². The Bertz CT molecular complexity index is 1200. The van der Waals surface area contributed by atoms with Crippen LogP contribution in [-0.4, -0.2) is 99.6 Å². The van der Waals surface area contributed by atoms with Crippen LogP contribution in [0.3, 0.4) is 0 Å². The summed E-state index contributed by atoms with van der Waals surface area (Å²) in [6.45, 7) is -1.84. The van der Waals surface area contributed by atoms with Crippen LogP contribution in [0.25, 0.3) is 0 Å². The van der Waals surface area contributed by atoms with Gasteiger partial charge < -0.3 is 40.1 Å². The van der Waals surface area contributed by atoms with Crippen LogP contribution in [-0.2, 0) is 20.9 Å². The smallest absolute Gasteiger partial charge is 0.330 e. The molecule has 0 aromatic carbocycles. The van der Waals surface area contributed by atoms with E-state index in [0.717, 1.165) is 24.5 Å². The van der Waals surface area contributed by atoms with E-state index in [9.17, 15) is 49.8 Å². The van der Waals surface area contributed by atoms with Gasteiger partial charge in [-0.1, -0.05) is 0 Å². The zero-order valence-corrected chi connectivity index (χ0v) is 17.2. The molecule has 2 fully saturated rings. The molecule has 2 saturated heterocycles. The Labute approximate surface area is 187 Å². The van der Waals surface area contributed by atoms with Gasteiger partial charge in [0.2, 0.25) is 11.4 Å². The van der Waals surface area contributed by atoms with E-state index in [1.165, 1.54) is 0 Å². The van der Waals surface area contributed by atoms with Crippen LogP contribution in [0.4, 0.5) is 0 Å². The fraction of sp³-hybridized carbons (Fsp3) is 0.556. The number of H-pyrrole nitrogens is 2. The molecule has 0 radical (unpaired) electrons. The summed E-state index contributed by atoms with van der Waals surface area (Å²) in [4.78, 5) is 52.9. The van der Waals surface area contributed by atoms with Crippen LogP contribution in [0, 0.1) is 0 Å². The van der Waals surface area contributed by atoms with Crippen LogP contribution in [0.2, 0.25) is 0 Å². The van der Waals surface area contributed by atoms with Crippen molar-refractivity contribution in [3.05, 3.63) is 66.2 Å². The number of hydrogen-bond acceptors (Lipinski definition) is 12. The van der Waals surface area contributed by atoms with E-state index in [1.807, 2.05) is 9.97 Å². The molecule has 34 heavy (non-hydrogen) atoms. The molecule has 2 aromatic heterocycles.